The number of anilines is 1. The molecule has 1 unspecified atom stereocenters. The highest BCUT2D eigenvalue weighted by Gasteiger charge is 2.16. The topological polar surface area (TPSA) is 15.3 Å². The van der Waals surface area contributed by atoms with Crippen molar-refractivity contribution in [3.63, 3.8) is 0 Å². The van der Waals surface area contributed by atoms with Crippen LogP contribution in [0, 0.1) is 0 Å². The van der Waals surface area contributed by atoms with Crippen LogP contribution < -0.4 is 10.2 Å². The Morgan fingerprint density at radius 1 is 1.24 bits per heavy atom. The zero-order chi connectivity index (χ0) is 15.4. The number of halogens is 1. The minimum absolute atomic E-state index is 0.335. The summed E-state index contributed by atoms with van der Waals surface area (Å²) in [4.78, 5) is 3.66. The smallest absolute Gasteiger partial charge is 0.0603 e. The summed E-state index contributed by atoms with van der Waals surface area (Å²) in [7, 11) is 2.13. The number of rotatable bonds is 6. The van der Waals surface area contributed by atoms with Crippen molar-refractivity contribution in [2.75, 3.05) is 11.9 Å². The summed E-state index contributed by atoms with van der Waals surface area (Å²) in [6, 6.07) is 11.2. The summed E-state index contributed by atoms with van der Waals surface area (Å²) in [5, 5.41) is 6.39. The molecular formula is C17H23ClN2S. The second kappa shape index (κ2) is 7.30. The molecule has 2 nitrogen and oxygen atoms in total. The van der Waals surface area contributed by atoms with Crippen molar-refractivity contribution in [3.05, 3.63) is 51.2 Å². The maximum Gasteiger partial charge on any atom is 0.0603 e. The molecule has 0 amide bonds. The molecule has 21 heavy (non-hydrogen) atoms. The molecule has 1 aromatic carbocycles. The molecule has 0 spiro atoms. The average Bonchev–Trinajstić information content (AvgIpc) is 2.98. The Hall–Kier alpha value is -1.03. The fourth-order valence-corrected chi connectivity index (χ4v) is 3.25. The first kappa shape index (κ1) is 16.3. The van der Waals surface area contributed by atoms with Gasteiger partial charge in [0.2, 0.25) is 0 Å². The van der Waals surface area contributed by atoms with Gasteiger partial charge in [0.1, 0.15) is 0 Å². The minimum Gasteiger partial charge on any atom is -0.367 e. The van der Waals surface area contributed by atoms with E-state index in [1.54, 1.807) is 11.3 Å². The predicted octanol–water partition coefficient (Wildman–Crippen LogP) is 5.10. The second-order valence-corrected chi connectivity index (χ2v) is 7.03. The van der Waals surface area contributed by atoms with Crippen LogP contribution in [-0.2, 0) is 6.54 Å². The van der Waals surface area contributed by atoms with Crippen LogP contribution in [0.5, 0.6) is 0 Å². The largest absolute Gasteiger partial charge is 0.367 e. The Morgan fingerprint density at radius 3 is 2.62 bits per heavy atom. The van der Waals surface area contributed by atoms with Crippen LogP contribution in [0.4, 0.5) is 5.69 Å². The zero-order valence-corrected chi connectivity index (χ0v) is 14.6. The molecule has 2 aromatic rings. The van der Waals surface area contributed by atoms with Gasteiger partial charge in [0.05, 0.1) is 6.04 Å². The maximum absolute atomic E-state index is 6.21. The number of benzene rings is 1. The zero-order valence-electron chi connectivity index (χ0n) is 13.1. The molecule has 1 N–H and O–H groups in total. The van der Waals surface area contributed by atoms with Crippen LogP contribution in [-0.4, -0.2) is 13.1 Å². The van der Waals surface area contributed by atoms with E-state index < -0.39 is 0 Å². The third kappa shape index (κ3) is 4.22. The number of nitrogens with one attached hydrogen (secondary N) is 1. The Kier molecular flexibility index (Phi) is 5.68. The van der Waals surface area contributed by atoms with E-state index in [2.05, 4.69) is 67.7 Å². The van der Waals surface area contributed by atoms with E-state index in [9.17, 15) is 0 Å². The Bertz CT molecular complexity index is 566. The van der Waals surface area contributed by atoms with Gasteiger partial charge in [-0.15, -0.1) is 11.3 Å². The van der Waals surface area contributed by atoms with Crippen LogP contribution in [0.15, 0.2) is 35.7 Å². The number of hydrogen-bond acceptors (Lipinski definition) is 3. The highest BCUT2D eigenvalue weighted by Crippen LogP contribution is 2.32. The lowest BCUT2D eigenvalue weighted by Gasteiger charge is -2.29. The predicted molar refractivity (Wildman–Crippen MR) is 94.6 cm³/mol. The van der Waals surface area contributed by atoms with Gasteiger partial charge in [-0.05, 0) is 36.1 Å². The van der Waals surface area contributed by atoms with Crippen molar-refractivity contribution in [2.45, 2.75) is 39.4 Å². The lowest BCUT2D eigenvalue weighted by atomic mass is 10.1. The molecule has 0 bridgehead atoms. The van der Waals surface area contributed by atoms with E-state index in [-0.39, 0.29) is 0 Å². The first-order chi connectivity index (χ1) is 9.99. The maximum atomic E-state index is 6.21. The molecule has 4 heteroatoms. The van der Waals surface area contributed by atoms with E-state index in [0.717, 1.165) is 11.6 Å². The summed E-state index contributed by atoms with van der Waals surface area (Å²) in [5.74, 6) is 0. The molecule has 0 saturated heterocycles. The quantitative estimate of drug-likeness (QED) is 0.796. The number of hydrogen-bond donors (Lipinski definition) is 1. The average molecular weight is 323 g/mol. The number of nitrogens with zero attached hydrogens (tertiary/aromatic N) is 1. The highest BCUT2D eigenvalue weighted by atomic mass is 35.5. The second-order valence-electron chi connectivity index (χ2n) is 5.61. The van der Waals surface area contributed by atoms with Gasteiger partial charge in [-0.25, -0.2) is 0 Å². The molecule has 0 radical (unpaired) electrons. The molecule has 1 heterocycles. The van der Waals surface area contributed by atoms with E-state index in [1.165, 1.54) is 16.1 Å². The van der Waals surface area contributed by atoms with Crippen molar-refractivity contribution in [2.24, 2.45) is 0 Å². The van der Waals surface area contributed by atoms with Crippen molar-refractivity contribution in [1.29, 1.82) is 0 Å². The summed E-state index contributed by atoms with van der Waals surface area (Å²) < 4.78 is 0. The molecule has 1 atom stereocenters. The van der Waals surface area contributed by atoms with Gasteiger partial charge in [0.15, 0.2) is 0 Å². The summed E-state index contributed by atoms with van der Waals surface area (Å²) >= 11 is 8.00. The van der Waals surface area contributed by atoms with Gasteiger partial charge >= 0.3 is 0 Å². The monoisotopic (exact) mass is 322 g/mol. The fourth-order valence-electron chi connectivity index (χ4n) is 2.26. The molecule has 114 valence electrons. The normalized spacial score (nSPS) is 12.7. The van der Waals surface area contributed by atoms with Gasteiger partial charge in [0.25, 0.3) is 0 Å². The number of thiophene rings is 1. The van der Waals surface area contributed by atoms with E-state index in [4.69, 9.17) is 11.6 Å². The minimum atomic E-state index is 0.335. The summed E-state index contributed by atoms with van der Waals surface area (Å²) in [6.07, 6.45) is 0. The third-order valence-electron chi connectivity index (χ3n) is 3.66. The van der Waals surface area contributed by atoms with Gasteiger partial charge < -0.3 is 10.2 Å². The van der Waals surface area contributed by atoms with Gasteiger partial charge in [0, 0.05) is 35.2 Å². The molecule has 0 aliphatic carbocycles. The van der Waals surface area contributed by atoms with E-state index >= 15 is 0 Å². The van der Waals surface area contributed by atoms with Crippen molar-refractivity contribution >= 4 is 28.6 Å². The SMILES string of the molecule is CC(C)NCc1ccc(Cl)cc1N(C)C(C)c1cccs1. The van der Waals surface area contributed by atoms with Crippen LogP contribution in [0.25, 0.3) is 0 Å². The fraction of sp³-hybridized carbons (Fsp3) is 0.412. The summed E-state index contributed by atoms with van der Waals surface area (Å²) in [6.45, 7) is 7.40. The lowest BCUT2D eigenvalue weighted by Crippen LogP contribution is -2.26. The molecule has 1 aromatic heterocycles. The first-order valence-corrected chi connectivity index (χ1v) is 8.53. The molecule has 0 fully saturated rings. The Balaban J connectivity index is 2.26. The molecule has 2 rings (SSSR count). The van der Waals surface area contributed by atoms with E-state index in [0.29, 0.717) is 12.1 Å². The van der Waals surface area contributed by atoms with Crippen molar-refractivity contribution in [3.8, 4) is 0 Å². The standard InChI is InChI=1S/C17H23ClN2S/c1-12(2)19-11-14-7-8-15(18)10-16(14)20(4)13(3)17-6-5-9-21-17/h5-10,12-13,19H,11H2,1-4H3. The van der Waals surface area contributed by atoms with E-state index in [1.807, 2.05) is 6.07 Å². The molecule has 0 aliphatic heterocycles. The molecular weight excluding hydrogens is 300 g/mol. The first-order valence-electron chi connectivity index (χ1n) is 7.27. The van der Waals surface area contributed by atoms with Crippen LogP contribution in [0.2, 0.25) is 5.02 Å². The van der Waals surface area contributed by atoms with Gasteiger partial charge in [-0.2, -0.15) is 0 Å². The Morgan fingerprint density at radius 2 is 2.00 bits per heavy atom. The van der Waals surface area contributed by atoms with Gasteiger partial charge in [-0.1, -0.05) is 37.6 Å². The van der Waals surface area contributed by atoms with Gasteiger partial charge in [-0.3, -0.25) is 0 Å². The van der Waals surface area contributed by atoms with Crippen LogP contribution in [0.3, 0.4) is 0 Å². The van der Waals surface area contributed by atoms with Crippen molar-refractivity contribution < 1.29 is 0 Å². The lowest BCUT2D eigenvalue weighted by molar-refractivity contribution is 0.587. The van der Waals surface area contributed by atoms with Crippen molar-refractivity contribution in [1.82, 2.24) is 5.32 Å². The van der Waals surface area contributed by atoms with Crippen LogP contribution >= 0.6 is 22.9 Å². The third-order valence-corrected chi connectivity index (χ3v) is 4.94. The molecule has 0 aliphatic rings. The highest BCUT2D eigenvalue weighted by molar-refractivity contribution is 7.10. The summed E-state index contributed by atoms with van der Waals surface area (Å²) in [5.41, 5.74) is 2.47. The molecule has 0 saturated carbocycles. The van der Waals surface area contributed by atoms with Crippen LogP contribution in [0.1, 0.15) is 37.3 Å². The Labute approximate surface area is 136 Å².